The van der Waals surface area contributed by atoms with Crippen molar-refractivity contribution in [3.8, 4) is 0 Å². The minimum atomic E-state index is -0.923. The van der Waals surface area contributed by atoms with Crippen LogP contribution < -0.4 is 56.6 Å². The summed E-state index contributed by atoms with van der Waals surface area (Å²) in [6, 6.07) is 15.2. The molecule has 0 spiro atoms. The standard InChI is InChI=1S/C16H21Si.3Li/c1-17-8-2-5-14-11-15(6-3-9-17)13-16(12-14)7-4-10-17;;;/h2-10H2,1H3;;;/q-3;3*+1. The summed E-state index contributed by atoms with van der Waals surface area (Å²) in [6.45, 7) is 2.64. The molecule has 0 saturated heterocycles. The summed E-state index contributed by atoms with van der Waals surface area (Å²) in [5.41, 5.74) is 4.02. The maximum atomic E-state index is 3.54. The summed E-state index contributed by atoms with van der Waals surface area (Å²) in [7, 11) is -0.923. The average molecular weight is 262 g/mol. The van der Waals surface area contributed by atoms with Gasteiger partial charge in [-0.2, -0.15) is 0 Å². The first-order valence-corrected chi connectivity index (χ1v) is 10.2. The maximum Gasteiger partial charge on any atom is 1.00 e. The molecule has 0 aliphatic carbocycles. The second-order valence-electron chi connectivity index (χ2n) is 6.18. The van der Waals surface area contributed by atoms with Gasteiger partial charge >= 0.3 is 56.6 Å². The molecule has 0 nitrogen and oxygen atoms in total. The predicted molar refractivity (Wildman–Crippen MR) is 74.0 cm³/mol. The minimum absolute atomic E-state index is 0. The molecular weight excluding hydrogens is 241 g/mol. The molecule has 0 fully saturated rings. The molecule has 3 aliphatic heterocycles. The molecule has 0 amide bonds. The zero-order valence-corrected chi connectivity index (χ0v) is 14.9. The Labute approximate surface area is 161 Å². The molecule has 0 radical (unpaired) electrons. The van der Waals surface area contributed by atoms with Crippen molar-refractivity contribution in [3.05, 3.63) is 34.9 Å². The van der Waals surface area contributed by atoms with Gasteiger partial charge in [0.2, 0.25) is 0 Å². The third-order valence-electron chi connectivity index (χ3n) is 4.53. The minimum Gasteiger partial charge on any atom is -0.539 e. The van der Waals surface area contributed by atoms with Crippen LogP contribution >= 0.6 is 0 Å². The summed E-state index contributed by atoms with van der Waals surface area (Å²) >= 11 is 0. The van der Waals surface area contributed by atoms with Gasteiger partial charge in [0.1, 0.15) is 0 Å². The summed E-state index contributed by atoms with van der Waals surface area (Å²) in [4.78, 5) is 0. The first kappa shape index (κ1) is 21.2. The van der Waals surface area contributed by atoms with E-state index in [0.29, 0.717) is 0 Å². The summed E-state index contributed by atoms with van der Waals surface area (Å²) in [5, 5.41) is 0. The second kappa shape index (κ2) is 9.39. The molecule has 0 saturated carbocycles. The Bertz CT molecular complexity index is 348. The predicted octanol–water partition coefficient (Wildman–Crippen LogP) is -5.00. The molecular formula is C16H21Li3Si. The monoisotopic (exact) mass is 262 g/mol. The molecule has 4 bridgehead atoms. The van der Waals surface area contributed by atoms with Gasteiger partial charge in [0.15, 0.2) is 0 Å². The van der Waals surface area contributed by atoms with Crippen molar-refractivity contribution in [1.29, 1.82) is 0 Å². The Morgan fingerprint density at radius 3 is 1.25 bits per heavy atom. The molecule has 4 heteroatoms. The number of rotatable bonds is 0. The van der Waals surface area contributed by atoms with Crippen LogP contribution in [0.2, 0.25) is 24.7 Å². The van der Waals surface area contributed by atoms with Gasteiger partial charge in [-0.25, -0.2) is 0 Å². The molecule has 20 heavy (non-hydrogen) atoms. The maximum absolute atomic E-state index is 3.54. The van der Waals surface area contributed by atoms with Gasteiger partial charge in [0.05, 0.1) is 8.07 Å². The zero-order chi connectivity index (χ0) is 11.7. The Kier molecular flexibility index (Phi) is 9.96. The molecule has 0 aromatic heterocycles. The van der Waals surface area contributed by atoms with E-state index in [4.69, 9.17) is 0 Å². The van der Waals surface area contributed by atoms with Crippen LogP contribution in [0.3, 0.4) is 0 Å². The van der Waals surface area contributed by atoms with E-state index in [9.17, 15) is 0 Å². The van der Waals surface area contributed by atoms with Crippen LogP contribution in [-0.4, -0.2) is 8.07 Å². The number of fused-ring (bicyclic) bond motifs is 6. The Hall–Kier alpha value is 1.23. The van der Waals surface area contributed by atoms with Crippen molar-refractivity contribution in [2.45, 2.75) is 63.2 Å². The third kappa shape index (κ3) is 5.45. The van der Waals surface area contributed by atoms with Crippen molar-refractivity contribution in [1.82, 2.24) is 0 Å². The summed E-state index contributed by atoms with van der Waals surface area (Å²) < 4.78 is 0. The van der Waals surface area contributed by atoms with Crippen LogP contribution in [0.4, 0.5) is 0 Å². The topological polar surface area (TPSA) is 0 Å². The normalized spacial score (nSPS) is 19.6. The van der Waals surface area contributed by atoms with E-state index in [1.54, 1.807) is 0 Å². The number of aryl methyl sites for hydroxylation is 3. The van der Waals surface area contributed by atoms with E-state index in [1.165, 1.54) is 73.3 Å². The fraction of sp³-hybridized carbons (Fsp3) is 0.625. The largest absolute Gasteiger partial charge is 1.00 e. The van der Waals surface area contributed by atoms with Gasteiger partial charge in [0, 0.05) is 0 Å². The average Bonchev–Trinajstić information content (AvgIpc) is 2.28. The van der Waals surface area contributed by atoms with Crippen molar-refractivity contribution in [3.63, 3.8) is 0 Å². The van der Waals surface area contributed by atoms with Gasteiger partial charge < -0.3 is 34.9 Å². The zero-order valence-electron chi connectivity index (χ0n) is 13.9. The van der Waals surface area contributed by atoms with E-state index in [0.717, 1.165) is 0 Å². The summed E-state index contributed by atoms with van der Waals surface area (Å²) in [6.07, 6.45) is 7.74. The van der Waals surface area contributed by atoms with Crippen LogP contribution in [0.1, 0.15) is 36.0 Å². The van der Waals surface area contributed by atoms with Crippen molar-refractivity contribution >= 4 is 8.07 Å². The number of hydrogen-bond acceptors (Lipinski definition) is 0. The fourth-order valence-electron chi connectivity index (χ4n) is 3.47. The molecule has 1 aromatic rings. The molecule has 1 aromatic carbocycles. The van der Waals surface area contributed by atoms with Gasteiger partial charge in [-0.1, -0.05) is 63.2 Å². The summed E-state index contributed by atoms with van der Waals surface area (Å²) in [5.74, 6) is 0. The number of hydrogen-bond donors (Lipinski definition) is 0. The molecule has 92 valence electrons. The second-order valence-corrected chi connectivity index (χ2v) is 11.3. The Balaban J connectivity index is 0.00000120. The van der Waals surface area contributed by atoms with Crippen molar-refractivity contribution < 1.29 is 56.6 Å². The van der Waals surface area contributed by atoms with Crippen molar-refractivity contribution in [2.75, 3.05) is 0 Å². The van der Waals surface area contributed by atoms with E-state index in [1.807, 2.05) is 0 Å². The molecule has 0 atom stereocenters. The quantitative estimate of drug-likeness (QED) is 0.324. The Morgan fingerprint density at radius 1 is 0.650 bits per heavy atom. The first-order chi connectivity index (χ1) is 8.23. The van der Waals surface area contributed by atoms with Crippen LogP contribution in [-0.2, 0) is 19.3 Å². The molecule has 0 unspecified atom stereocenters. The van der Waals surface area contributed by atoms with Crippen LogP contribution in [0.5, 0.6) is 0 Å². The SMILES string of the molecule is C[Si]12CCCc3[c-]c([c-]c([c-]3)CCC1)CCC2.[Li+].[Li+].[Li+]. The van der Waals surface area contributed by atoms with Gasteiger partial charge in [-0.3, -0.25) is 0 Å². The van der Waals surface area contributed by atoms with E-state index < -0.39 is 8.07 Å². The van der Waals surface area contributed by atoms with Gasteiger partial charge in [0.25, 0.3) is 0 Å². The van der Waals surface area contributed by atoms with E-state index in [2.05, 4.69) is 24.7 Å². The smallest absolute Gasteiger partial charge is 0.539 e. The molecule has 3 aliphatic rings. The van der Waals surface area contributed by atoms with Crippen LogP contribution in [0.25, 0.3) is 0 Å². The van der Waals surface area contributed by atoms with Crippen LogP contribution in [0.15, 0.2) is 0 Å². The fourth-order valence-corrected chi connectivity index (χ4v) is 7.31. The third-order valence-corrected chi connectivity index (χ3v) is 9.21. The van der Waals surface area contributed by atoms with Crippen LogP contribution in [0, 0.1) is 18.2 Å². The molecule has 3 heterocycles. The van der Waals surface area contributed by atoms with E-state index in [-0.39, 0.29) is 56.6 Å². The van der Waals surface area contributed by atoms with Gasteiger partial charge in [-0.15, -0.1) is 0 Å². The number of benzene rings is 1. The first-order valence-electron chi connectivity index (χ1n) is 7.12. The Morgan fingerprint density at radius 2 is 0.950 bits per heavy atom. The van der Waals surface area contributed by atoms with E-state index >= 15 is 0 Å². The van der Waals surface area contributed by atoms with Gasteiger partial charge in [-0.05, 0) is 0 Å². The molecule has 4 rings (SSSR count). The molecule has 0 N–H and O–H groups in total. The van der Waals surface area contributed by atoms with Crippen molar-refractivity contribution in [2.24, 2.45) is 0 Å².